The van der Waals surface area contributed by atoms with Crippen LogP contribution in [0, 0.1) is 5.92 Å². The maximum absolute atomic E-state index is 11.4. The number of carbonyl (C=O) groups is 1. The molecule has 0 spiro atoms. The maximum Gasteiger partial charge on any atom is 0.221 e. The highest BCUT2D eigenvalue weighted by atomic mass is 16.2. The summed E-state index contributed by atoms with van der Waals surface area (Å²) in [6, 6.07) is -0.0533. The molecule has 0 rings (SSSR count). The van der Waals surface area contributed by atoms with Gasteiger partial charge in [-0.2, -0.15) is 0 Å². The van der Waals surface area contributed by atoms with Gasteiger partial charge in [-0.1, -0.05) is 13.8 Å². The Hall–Kier alpha value is -0.610. The molecule has 15 heavy (non-hydrogen) atoms. The number of amides is 1. The molecule has 0 saturated carbocycles. The average molecular weight is 216 g/mol. The molecule has 1 unspecified atom stereocenters. The van der Waals surface area contributed by atoms with E-state index >= 15 is 0 Å². The van der Waals surface area contributed by atoms with Gasteiger partial charge in [0, 0.05) is 25.6 Å². The average Bonchev–Trinajstić information content (AvgIpc) is 2.17. The van der Waals surface area contributed by atoms with E-state index in [1.165, 1.54) is 0 Å². The number of aliphatic hydroxyl groups excluding tert-OH is 1. The lowest BCUT2D eigenvalue weighted by atomic mass is 10.0. The van der Waals surface area contributed by atoms with Gasteiger partial charge in [0.2, 0.25) is 5.91 Å². The summed E-state index contributed by atoms with van der Waals surface area (Å²) in [7, 11) is 0. The van der Waals surface area contributed by atoms with Crippen LogP contribution >= 0.6 is 0 Å². The van der Waals surface area contributed by atoms with Crippen molar-refractivity contribution in [1.29, 1.82) is 0 Å². The predicted molar refractivity (Wildman–Crippen MR) is 61.4 cm³/mol. The molecule has 0 aromatic heterocycles. The van der Waals surface area contributed by atoms with E-state index in [0.29, 0.717) is 18.9 Å². The first-order valence-electron chi connectivity index (χ1n) is 5.71. The third kappa shape index (κ3) is 8.39. The van der Waals surface area contributed by atoms with Crippen molar-refractivity contribution in [2.75, 3.05) is 13.2 Å². The van der Waals surface area contributed by atoms with Crippen molar-refractivity contribution < 1.29 is 9.90 Å². The number of rotatable bonds is 8. The van der Waals surface area contributed by atoms with Crippen molar-refractivity contribution in [2.45, 2.75) is 45.6 Å². The summed E-state index contributed by atoms with van der Waals surface area (Å²) in [5, 5.41) is 11.4. The van der Waals surface area contributed by atoms with Crippen LogP contribution in [0.4, 0.5) is 0 Å². The Labute approximate surface area is 92.2 Å². The second-order valence-corrected chi connectivity index (χ2v) is 4.25. The molecule has 0 aliphatic rings. The molecule has 0 aromatic carbocycles. The molecule has 0 aliphatic heterocycles. The van der Waals surface area contributed by atoms with E-state index in [-0.39, 0.29) is 18.6 Å². The quantitative estimate of drug-likeness (QED) is 0.521. The third-order valence-electron chi connectivity index (χ3n) is 2.43. The molecule has 1 amide bonds. The van der Waals surface area contributed by atoms with Crippen molar-refractivity contribution in [3.63, 3.8) is 0 Å². The molecule has 4 nitrogen and oxygen atoms in total. The summed E-state index contributed by atoms with van der Waals surface area (Å²) in [5.74, 6) is 0.366. The Morgan fingerprint density at radius 2 is 2.00 bits per heavy atom. The number of hydrogen-bond acceptors (Lipinski definition) is 3. The Bertz CT molecular complexity index is 172. The van der Waals surface area contributed by atoms with E-state index in [4.69, 9.17) is 10.8 Å². The van der Waals surface area contributed by atoms with Crippen molar-refractivity contribution in [1.82, 2.24) is 5.32 Å². The van der Waals surface area contributed by atoms with Crippen LogP contribution in [0.15, 0.2) is 0 Å². The van der Waals surface area contributed by atoms with Crippen LogP contribution in [0.2, 0.25) is 0 Å². The molecule has 0 saturated heterocycles. The van der Waals surface area contributed by atoms with Gasteiger partial charge in [-0.05, 0) is 25.2 Å². The fourth-order valence-corrected chi connectivity index (χ4v) is 1.16. The zero-order valence-corrected chi connectivity index (χ0v) is 9.83. The minimum Gasteiger partial charge on any atom is -0.396 e. The molecule has 90 valence electrons. The van der Waals surface area contributed by atoms with Crippen LogP contribution in [0.3, 0.4) is 0 Å². The number of carbonyl (C=O) groups excluding carboxylic acids is 1. The normalized spacial score (nSPS) is 12.9. The van der Waals surface area contributed by atoms with Gasteiger partial charge in [0.25, 0.3) is 0 Å². The second-order valence-electron chi connectivity index (χ2n) is 4.25. The number of nitrogens with one attached hydrogen (secondary N) is 1. The summed E-state index contributed by atoms with van der Waals surface area (Å²) in [4.78, 5) is 11.4. The molecule has 4 heteroatoms. The lowest BCUT2D eigenvalue weighted by Crippen LogP contribution is -2.35. The Morgan fingerprint density at radius 3 is 2.53 bits per heavy atom. The SMILES string of the molecule is CC(C)C(N)CC(=O)NCCCCCO. The van der Waals surface area contributed by atoms with Gasteiger partial charge in [-0.3, -0.25) is 4.79 Å². The Kier molecular flexibility index (Phi) is 8.33. The lowest BCUT2D eigenvalue weighted by Gasteiger charge is -2.14. The fraction of sp³-hybridized carbons (Fsp3) is 0.909. The van der Waals surface area contributed by atoms with Gasteiger partial charge in [0.05, 0.1) is 0 Å². The van der Waals surface area contributed by atoms with Gasteiger partial charge in [-0.25, -0.2) is 0 Å². The fourth-order valence-electron chi connectivity index (χ4n) is 1.16. The minimum atomic E-state index is -0.0533. The number of hydrogen-bond donors (Lipinski definition) is 3. The van der Waals surface area contributed by atoms with Crippen molar-refractivity contribution in [2.24, 2.45) is 11.7 Å². The van der Waals surface area contributed by atoms with E-state index in [1.54, 1.807) is 0 Å². The van der Waals surface area contributed by atoms with Crippen LogP contribution in [0.1, 0.15) is 39.5 Å². The first-order chi connectivity index (χ1) is 7.07. The molecule has 0 heterocycles. The van der Waals surface area contributed by atoms with Crippen molar-refractivity contribution in [3.05, 3.63) is 0 Å². The van der Waals surface area contributed by atoms with Crippen molar-refractivity contribution >= 4 is 5.91 Å². The first kappa shape index (κ1) is 14.4. The highest BCUT2D eigenvalue weighted by Crippen LogP contribution is 2.02. The maximum atomic E-state index is 11.4. The molecule has 0 bridgehead atoms. The molecular formula is C11H24N2O2. The molecular weight excluding hydrogens is 192 g/mol. The summed E-state index contributed by atoms with van der Waals surface area (Å²) >= 11 is 0. The van der Waals surface area contributed by atoms with Gasteiger partial charge in [0.15, 0.2) is 0 Å². The largest absolute Gasteiger partial charge is 0.396 e. The van der Waals surface area contributed by atoms with Crippen LogP contribution in [0.25, 0.3) is 0 Å². The topological polar surface area (TPSA) is 75.4 Å². The molecule has 0 aromatic rings. The number of nitrogens with two attached hydrogens (primary N) is 1. The summed E-state index contributed by atoms with van der Waals surface area (Å²) in [5.41, 5.74) is 5.78. The molecule has 0 radical (unpaired) electrons. The van der Waals surface area contributed by atoms with E-state index in [9.17, 15) is 4.79 Å². The van der Waals surface area contributed by atoms with Crippen LogP contribution < -0.4 is 11.1 Å². The van der Waals surface area contributed by atoms with Crippen molar-refractivity contribution in [3.8, 4) is 0 Å². The Balaban J connectivity index is 3.41. The van der Waals surface area contributed by atoms with Crippen LogP contribution in [0.5, 0.6) is 0 Å². The predicted octanol–water partition coefficient (Wildman–Crippen LogP) is 0.639. The molecule has 0 fully saturated rings. The van der Waals surface area contributed by atoms with E-state index in [0.717, 1.165) is 19.3 Å². The lowest BCUT2D eigenvalue weighted by molar-refractivity contribution is -0.121. The highest BCUT2D eigenvalue weighted by molar-refractivity contribution is 5.76. The summed E-state index contributed by atoms with van der Waals surface area (Å²) in [6.45, 7) is 4.94. The van der Waals surface area contributed by atoms with E-state index < -0.39 is 0 Å². The van der Waals surface area contributed by atoms with E-state index in [2.05, 4.69) is 5.32 Å². The smallest absolute Gasteiger partial charge is 0.221 e. The standard InChI is InChI=1S/C11H24N2O2/c1-9(2)10(12)8-11(15)13-6-4-3-5-7-14/h9-10,14H,3-8,12H2,1-2H3,(H,13,15). The zero-order chi connectivity index (χ0) is 11.7. The Morgan fingerprint density at radius 1 is 1.33 bits per heavy atom. The van der Waals surface area contributed by atoms with Gasteiger partial charge in [0.1, 0.15) is 0 Å². The monoisotopic (exact) mass is 216 g/mol. The number of unbranched alkanes of at least 4 members (excludes halogenated alkanes) is 2. The second kappa shape index (κ2) is 8.68. The summed E-state index contributed by atoms with van der Waals surface area (Å²) < 4.78 is 0. The minimum absolute atomic E-state index is 0.0280. The van der Waals surface area contributed by atoms with Crippen LogP contribution in [-0.4, -0.2) is 30.2 Å². The number of aliphatic hydroxyl groups is 1. The third-order valence-corrected chi connectivity index (χ3v) is 2.43. The van der Waals surface area contributed by atoms with Gasteiger partial charge in [-0.15, -0.1) is 0 Å². The first-order valence-corrected chi connectivity index (χ1v) is 5.71. The van der Waals surface area contributed by atoms with E-state index in [1.807, 2.05) is 13.8 Å². The zero-order valence-electron chi connectivity index (χ0n) is 9.83. The van der Waals surface area contributed by atoms with Crippen LogP contribution in [-0.2, 0) is 4.79 Å². The summed E-state index contributed by atoms with van der Waals surface area (Å²) in [6.07, 6.45) is 3.08. The molecule has 1 atom stereocenters. The van der Waals surface area contributed by atoms with Gasteiger partial charge < -0.3 is 16.2 Å². The van der Waals surface area contributed by atoms with Gasteiger partial charge >= 0.3 is 0 Å². The highest BCUT2D eigenvalue weighted by Gasteiger charge is 2.11. The molecule has 4 N–H and O–H groups in total. The molecule has 0 aliphatic carbocycles.